The number of aromatic nitrogens is 3. The van der Waals surface area contributed by atoms with Crippen LogP contribution < -0.4 is 0 Å². The fourth-order valence-corrected chi connectivity index (χ4v) is 11.0. The summed E-state index contributed by atoms with van der Waals surface area (Å²) in [6.45, 7) is 0. The maximum atomic E-state index is 5.38. The van der Waals surface area contributed by atoms with Gasteiger partial charge >= 0.3 is 0 Å². The Labute approximate surface area is 329 Å². The van der Waals surface area contributed by atoms with E-state index in [1.54, 1.807) is 11.3 Å². The van der Waals surface area contributed by atoms with Gasteiger partial charge in [-0.15, -0.1) is 22.7 Å². The normalized spacial score (nSPS) is 11.9. The van der Waals surface area contributed by atoms with Gasteiger partial charge in [-0.1, -0.05) is 146 Å². The summed E-state index contributed by atoms with van der Waals surface area (Å²) in [5.41, 5.74) is 5.20. The molecule has 0 saturated heterocycles. The molecule has 56 heavy (non-hydrogen) atoms. The fraction of sp³-hybridized carbons (Fsp3) is 0. The standard InChI is InChI=1S/C51H29N3S2/c1-2-14-31(15-3-1)49-52-50(54-51(53-49)39-22-12-24-43-46(39)38-21-10-11-23-42(38)55-43)37-20-9-8-19-36(37)40-28-34-26-25-30-13-6-7-18-35(30)45(34)48-47(40)41-27-32-16-4-5-17-33(32)29-44(41)56-48/h1-29H. The monoisotopic (exact) mass is 747 g/mol. The van der Waals surface area contributed by atoms with Crippen LogP contribution in [0.1, 0.15) is 0 Å². The summed E-state index contributed by atoms with van der Waals surface area (Å²) in [5.74, 6) is 1.97. The molecular formula is C51H29N3S2. The fourth-order valence-electron chi connectivity index (χ4n) is 8.54. The summed E-state index contributed by atoms with van der Waals surface area (Å²) >= 11 is 3.70. The quantitative estimate of drug-likeness (QED) is 0.168. The molecule has 12 aromatic rings. The lowest BCUT2D eigenvalue weighted by Crippen LogP contribution is -2.01. The SMILES string of the molecule is c1ccc(-c2nc(-c3ccccc3-c3cc4ccc5ccccc5c4c4sc5cc6ccccc6cc5c34)nc(-c3cccc4sc5ccccc5c34)n2)cc1. The minimum Gasteiger partial charge on any atom is -0.208 e. The lowest BCUT2D eigenvalue weighted by Gasteiger charge is -2.15. The first kappa shape index (κ1) is 31.5. The first-order chi connectivity index (χ1) is 27.7. The molecule has 0 saturated carbocycles. The highest BCUT2D eigenvalue weighted by atomic mass is 32.1. The first-order valence-electron chi connectivity index (χ1n) is 18.8. The summed E-state index contributed by atoms with van der Waals surface area (Å²) in [7, 11) is 0. The Morgan fingerprint density at radius 2 is 0.929 bits per heavy atom. The molecule has 0 aliphatic heterocycles. The topological polar surface area (TPSA) is 38.7 Å². The maximum Gasteiger partial charge on any atom is 0.164 e. The minimum atomic E-state index is 0.651. The molecular weight excluding hydrogens is 719 g/mol. The van der Waals surface area contributed by atoms with Crippen molar-refractivity contribution in [3.8, 4) is 45.3 Å². The van der Waals surface area contributed by atoms with Crippen LogP contribution in [0.25, 0.3) is 118 Å². The maximum absolute atomic E-state index is 5.38. The molecule has 3 aromatic heterocycles. The molecule has 5 heteroatoms. The minimum absolute atomic E-state index is 0.651. The number of rotatable bonds is 4. The van der Waals surface area contributed by atoms with E-state index in [9.17, 15) is 0 Å². The zero-order chi connectivity index (χ0) is 36.7. The molecule has 0 aliphatic carbocycles. The van der Waals surface area contributed by atoms with Crippen LogP contribution >= 0.6 is 22.7 Å². The smallest absolute Gasteiger partial charge is 0.164 e. The van der Waals surface area contributed by atoms with Crippen molar-refractivity contribution in [1.82, 2.24) is 15.0 Å². The Balaban J connectivity index is 1.17. The summed E-state index contributed by atoms with van der Waals surface area (Å²) in [6, 6.07) is 63.1. The third kappa shape index (κ3) is 4.85. The number of thiophene rings is 2. The zero-order valence-electron chi connectivity index (χ0n) is 29.9. The van der Waals surface area contributed by atoms with E-state index < -0.39 is 0 Å². The predicted octanol–water partition coefficient (Wildman–Crippen LogP) is 14.7. The van der Waals surface area contributed by atoms with Crippen molar-refractivity contribution >= 4 is 95.3 Å². The lowest BCUT2D eigenvalue weighted by molar-refractivity contribution is 1.08. The molecule has 3 nitrogen and oxygen atoms in total. The first-order valence-corrected chi connectivity index (χ1v) is 20.4. The van der Waals surface area contributed by atoms with E-state index in [0.717, 1.165) is 22.3 Å². The van der Waals surface area contributed by atoms with Crippen LogP contribution in [0, 0.1) is 0 Å². The van der Waals surface area contributed by atoms with Gasteiger partial charge in [-0.25, -0.2) is 15.0 Å². The highest BCUT2D eigenvalue weighted by Crippen LogP contribution is 2.49. The van der Waals surface area contributed by atoms with Crippen LogP contribution in [0.5, 0.6) is 0 Å². The van der Waals surface area contributed by atoms with Crippen molar-refractivity contribution in [3.63, 3.8) is 0 Å². The molecule has 3 heterocycles. The van der Waals surface area contributed by atoms with Gasteiger partial charge in [0, 0.05) is 62.4 Å². The van der Waals surface area contributed by atoms with Crippen molar-refractivity contribution in [2.45, 2.75) is 0 Å². The van der Waals surface area contributed by atoms with Gasteiger partial charge in [0.15, 0.2) is 17.5 Å². The molecule has 9 aromatic carbocycles. The average molecular weight is 748 g/mol. The van der Waals surface area contributed by atoms with Crippen molar-refractivity contribution in [2.24, 2.45) is 0 Å². The largest absolute Gasteiger partial charge is 0.208 e. The van der Waals surface area contributed by atoms with Crippen LogP contribution in [0.15, 0.2) is 176 Å². The summed E-state index contributed by atoms with van der Waals surface area (Å²) in [5, 5.41) is 12.5. The van der Waals surface area contributed by atoms with Crippen LogP contribution in [0.4, 0.5) is 0 Å². The number of fused-ring (bicyclic) bond motifs is 11. The van der Waals surface area contributed by atoms with Gasteiger partial charge in [-0.05, 0) is 68.4 Å². The Hall–Kier alpha value is -6.79. The summed E-state index contributed by atoms with van der Waals surface area (Å²) < 4.78 is 5.05. The zero-order valence-corrected chi connectivity index (χ0v) is 31.5. The highest BCUT2D eigenvalue weighted by Gasteiger charge is 2.22. The van der Waals surface area contributed by atoms with Crippen LogP contribution in [0.3, 0.4) is 0 Å². The van der Waals surface area contributed by atoms with E-state index in [1.807, 2.05) is 29.5 Å². The Morgan fingerprint density at radius 1 is 0.304 bits per heavy atom. The van der Waals surface area contributed by atoms with Crippen LogP contribution in [0.2, 0.25) is 0 Å². The molecule has 0 atom stereocenters. The van der Waals surface area contributed by atoms with E-state index in [4.69, 9.17) is 15.0 Å². The van der Waals surface area contributed by atoms with E-state index in [1.165, 1.54) is 78.2 Å². The Kier molecular flexibility index (Phi) is 6.97. The Bertz CT molecular complexity index is 3550. The molecule has 0 N–H and O–H groups in total. The second kappa shape index (κ2) is 12.4. The molecule has 0 spiro atoms. The predicted molar refractivity (Wildman–Crippen MR) is 240 cm³/mol. The summed E-state index contributed by atoms with van der Waals surface area (Å²) in [6.07, 6.45) is 0. The van der Waals surface area contributed by atoms with E-state index >= 15 is 0 Å². The van der Waals surface area contributed by atoms with E-state index in [2.05, 4.69) is 158 Å². The number of hydrogen-bond acceptors (Lipinski definition) is 5. The van der Waals surface area contributed by atoms with Gasteiger partial charge in [-0.3, -0.25) is 0 Å². The van der Waals surface area contributed by atoms with Gasteiger partial charge in [0.2, 0.25) is 0 Å². The molecule has 260 valence electrons. The number of hydrogen-bond donors (Lipinski definition) is 0. The third-order valence-electron chi connectivity index (χ3n) is 11.1. The average Bonchev–Trinajstić information content (AvgIpc) is 3.84. The molecule has 0 aliphatic rings. The molecule has 0 unspecified atom stereocenters. The molecule has 0 amide bonds. The van der Waals surface area contributed by atoms with Crippen LogP contribution in [-0.2, 0) is 0 Å². The number of benzene rings is 9. The number of nitrogens with zero attached hydrogens (tertiary/aromatic N) is 3. The van der Waals surface area contributed by atoms with Gasteiger partial charge in [0.05, 0.1) is 0 Å². The second-order valence-electron chi connectivity index (χ2n) is 14.3. The van der Waals surface area contributed by atoms with Crippen LogP contribution in [-0.4, -0.2) is 15.0 Å². The van der Waals surface area contributed by atoms with E-state index in [-0.39, 0.29) is 0 Å². The van der Waals surface area contributed by atoms with Crippen molar-refractivity contribution < 1.29 is 0 Å². The van der Waals surface area contributed by atoms with Gasteiger partial charge in [0.25, 0.3) is 0 Å². The van der Waals surface area contributed by atoms with Gasteiger partial charge < -0.3 is 0 Å². The molecule has 0 fully saturated rings. The Morgan fingerprint density at radius 3 is 1.79 bits per heavy atom. The lowest BCUT2D eigenvalue weighted by atomic mass is 9.90. The third-order valence-corrected chi connectivity index (χ3v) is 13.4. The van der Waals surface area contributed by atoms with Gasteiger partial charge in [0.1, 0.15) is 0 Å². The van der Waals surface area contributed by atoms with Crippen molar-refractivity contribution in [2.75, 3.05) is 0 Å². The van der Waals surface area contributed by atoms with Crippen molar-refractivity contribution in [3.05, 3.63) is 176 Å². The molecule has 0 radical (unpaired) electrons. The highest BCUT2D eigenvalue weighted by molar-refractivity contribution is 7.27. The van der Waals surface area contributed by atoms with E-state index in [0.29, 0.717) is 17.5 Å². The molecule has 12 rings (SSSR count). The second-order valence-corrected chi connectivity index (χ2v) is 16.4. The summed E-state index contributed by atoms with van der Waals surface area (Å²) in [4.78, 5) is 15.9. The van der Waals surface area contributed by atoms with Gasteiger partial charge in [-0.2, -0.15) is 0 Å². The van der Waals surface area contributed by atoms with Crippen molar-refractivity contribution in [1.29, 1.82) is 0 Å². The molecule has 0 bridgehead atoms.